The fourth-order valence-corrected chi connectivity index (χ4v) is 2.59. The lowest BCUT2D eigenvalue weighted by atomic mass is 10.1. The number of halogens is 1. The lowest BCUT2D eigenvalue weighted by Gasteiger charge is -2.25. The smallest absolute Gasteiger partial charge is 0.407 e. The lowest BCUT2D eigenvalue weighted by molar-refractivity contribution is 0.0491. The minimum absolute atomic E-state index is 0.0546. The minimum Gasteiger partial charge on any atom is -0.444 e. The van der Waals surface area contributed by atoms with Gasteiger partial charge in [-0.15, -0.1) is 0 Å². The first-order valence-corrected chi connectivity index (χ1v) is 8.54. The Labute approximate surface area is 156 Å². The number of hydrogen-bond acceptors (Lipinski definition) is 4. The molecule has 8 heteroatoms. The number of aromatic nitrogens is 1. The molecule has 0 aliphatic carbocycles. The van der Waals surface area contributed by atoms with Crippen molar-refractivity contribution in [3.8, 4) is 0 Å². The molecule has 1 unspecified atom stereocenters. The molecule has 0 bridgehead atoms. The summed E-state index contributed by atoms with van der Waals surface area (Å²) in [4.78, 5) is 40.5. The number of benzene rings is 1. The van der Waals surface area contributed by atoms with Gasteiger partial charge in [0, 0.05) is 19.6 Å². The number of pyridine rings is 1. The van der Waals surface area contributed by atoms with E-state index in [1.54, 1.807) is 27.7 Å². The number of H-pyrrole nitrogens is 1. The Balaban J connectivity index is 2.09. The fourth-order valence-electron chi connectivity index (χ4n) is 2.59. The van der Waals surface area contributed by atoms with Crippen LogP contribution in [0.3, 0.4) is 0 Å². The Hall–Kier alpha value is -2.90. The van der Waals surface area contributed by atoms with E-state index in [9.17, 15) is 18.8 Å². The molecular weight excluding hydrogens is 353 g/mol. The Morgan fingerprint density at radius 1 is 1.30 bits per heavy atom. The van der Waals surface area contributed by atoms with Crippen molar-refractivity contribution in [3.05, 3.63) is 46.0 Å². The van der Waals surface area contributed by atoms with E-state index in [1.165, 1.54) is 36.2 Å². The van der Waals surface area contributed by atoms with E-state index in [0.717, 1.165) is 0 Å². The molecular formula is C19H24FN3O4. The summed E-state index contributed by atoms with van der Waals surface area (Å²) in [6.45, 7) is 7.17. The van der Waals surface area contributed by atoms with Gasteiger partial charge in [0.15, 0.2) is 0 Å². The SMILES string of the molecule is CC(CN(C)C(=O)c1cc2ccc(F)cc2[nH]c1=O)NC(=O)OC(C)(C)C. The van der Waals surface area contributed by atoms with Crippen LogP contribution >= 0.6 is 0 Å². The first kappa shape index (κ1) is 20.4. The van der Waals surface area contributed by atoms with Crippen LogP contribution in [0, 0.1) is 5.82 Å². The highest BCUT2D eigenvalue weighted by molar-refractivity contribution is 5.97. The zero-order chi connectivity index (χ0) is 20.4. The van der Waals surface area contributed by atoms with Crippen LogP contribution in [0.5, 0.6) is 0 Å². The van der Waals surface area contributed by atoms with Crippen LogP contribution in [0.2, 0.25) is 0 Å². The van der Waals surface area contributed by atoms with Crippen molar-refractivity contribution in [1.29, 1.82) is 0 Å². The van der Waals surface area contributed by atoms with E-state index in [-0.39, 0.29) is 18.2 Å². The Morgan fingerprint density at radius 3 is 2.59 bits per heavy atom. The third-order valence-corrected chi connectivity index (χ3v) is 3.70. The second kappa shape index (κ2) is 7.77. The second-order valence-electron chi connectivity index (χ2n) is 7.48. The van der Waals surface area contributed by atoms with Crippen molar-refractivity contribution >= 4 is 22.9 Å². The number of nitrogens with one attached hydrogen (secondary N) is 2. The zero-order valence-electron chi connectivity index (χ0n) is 16.1. The van der Waals surface area contributed by atoms with E-state index in [0.29, 0.717) is 10.9 Å². The molecule has 1 aromatic heterocycles. The van der Waals surface area contributed by atoms with Crippen molar-refractivity contribution in [2.24, 2.45) is 0 Å². The van der Waals surface area contributed by atoms with Crippen LogP contribution in [0.15, 0.2) is 29.1 Å². The molecule has 27 heavy (non-hydrogen) atoms. The number of aromatic amines is 1. The van der Waals surface area contributed by atoms with E-state index >= 15 is 0 Å². The highest BCUT2D eigenvalue weighted by Crippen LogP contribution is 2.13. The van der Waals surface area contributed by atoms with Crippen LogP contribution < -0.4 is 10.9 Å². The molecule has 146 valence electrons. The highest BCUT2D eigenvalue weighted by Gasteiger charge is 2.21. The molecule has 0 aliphatic heterocycles. The monoisotopic (exact) mass is 377 g/mol. The number of amides is 2. The van der Waals surface area contributed by atoms with E-state index in [4.69, 9.17) is 4.74 Å². The normalized spacial score (nSPS) is 12.5. The van der Waals surface area contributed by atoms with Crippen LogP contribution in [-0.4, -0.2) is 47.1 Å². The maximum Gasteiger partial charge on any atom is 0.407 e. The number of carbonyl (C=O) groups excluding carboxylic acids is 2. The molecule has 0 radical (unpaired) electrons. The molecule has 1 aromatic carbocycles. The lowest BCUT2D eigenvalue weighted by Crippen LogP contribution is -2.45. The van der Waals surface area contributed by atoms with Crippen LogP contribution in [-0.2, 0) is 4.74 Å². The molecule has 2 aromatic rings. The molecule has 2 rings (SSSR count). The molecule has 0 fully saturated rings. The Morgan fingerprint density at radius 2 is 1.96 bits per heavy atom. The van der Waals surface area contributed by atoms with Crippen molar-refractivity contribution in [2.75, 3.05) is 13.6 Å². The van der Waals surface area contributed by atoms with Crippen molar-refractivity contribution in [1.82, 2.24) is 15.2 Å². The van der Waals surface area contributed by atoms with E-state index in [1.807, 2.05) is 0 Å². The Bertz CT molecular complexity index is 917. The van der Waals surface area contributed by atoms with Gasteiger partial charge in [0.05, 0.1) is 5.52 Å². The first-order chi connectivity index (χ1) is 12.5. The topological polar surface area (TPSA) is 91.5 Å². The van der Waals surface area contributed by atoms with Gasteiger partial charge in [0.25, 0.3) is 11.5 Å². The number of rotatable bonds is 4. The third kappa shape index (κ3) is 5.54. The molecule has 2 N–H and O–H groups in total. The Kier molecular flexibility index (Phi) is 5.88. The predicted octanol–water partition coefficient (Wildman–Crippen LogP) is 2.65. The van der Waals surface area contributed by atoms with Gasteiger partial charge < -0.3 is 19.9 Å². The number of nitrogens with zero attached hydrogens (tertiary/aromatic N) is 1. The molecule has 2 amide bonds. The summed E-state index contributed by atoms with van der Waals surface area (Å²) < 4.78 is 18.4. The van der Waals surface area contributed by atoms with Gasteiger partial charge in [-0.1, -0.05) is 0 Å². The molecule has 0 saturated carbocycles. The van der Waals surface area contributed by atoms with Crippen molar-refractivity contribution < 1.29 is 18.7 Å². The van der Waals surface area contributed by atoms with E-state index in [2.05, 4.69) is 10.3 Å². The van der Waals surface area contributed by atoms with Gasteiger partial charge in [0.1, 0.15) is 17.0 Å². The average Bonchev–Trinajstić information content (AvgIpc) is 2.51. The average molecular weight is 377 g/mol. The number of fused-ring (bicyclic) bond motifs is 1. The van der Waals surface area contributed by atoms with Gasteiger partial charge in [-0.2, -0.15) is 0 Å². The largest absolute Gasteiger partial charge is 0.444 e. The molecule has 1 heterocycles. The second-order valence-corrected chi connectivity index (χ2v) is 7.48. The number of carbonyl (C=O) groups is 2. The third-order valence-electron chi connectivity index (χ3n) is 3.70. The highest BCUT2D eigenvalue weighted by atomic mass is 19.1. The molecule has 1 atom stereocenters. The zero-order valence-corrected chi connectivity index (χ0v) is 16.1. The molecule has 7 nitrogen and oxygen atoms in total. The van der Waals surface area contributed by atoms with Gasteiger partial charge in [0.2, 0.25) is 0 Å². The summed E-state index contributed by atoms with van der Waals surface area (Å²) in [5.74, 6) is -0.975. The molecule has 0 aliphatic rings. The maximum absolute atomic E-state index is 13.3. The number of hydrogen-bond donors (Lipinski definition) is 2. The van der Waals surface area contributed by atoms with Gasteiger partial charge in [-0.05, 0) is 57.3 Å². The summed E-state index contributed by atoms with van der Waals surface area (Å²) in [5, 5.41) is 3.19. The quantitative estimate of drug-likeness (QED) is 0.857. The van der Waals surface area contributed by atoms with E-state index < -0.39 is 29.0 Å². The minimum atomic E-state index is -0.622. The standard InChI is InChI=1S/C19H24FN3O4/c1-11(21-18(26)27-19(2,3)4)10-23(5)17(25)14-8-12-6-7-13(20)9-15(12)22-16(14)24/h6-9,11H,10H2,1-5H3,(H,21,26)(H,22,24). The van der Waals surface area contributed by atoms with Gasteiger partial charge in [-0.3, -0.25) is 9.59 Å². The summed E-state index contributed by atoms with van der Waals surface area (Å²) in [5.41, 5.74) is -0.957. The van der Waals surface area contributed by atoms with Crippen LogP contribution in [0.4, 0.5) is 9.18 Å². The summed E-state index contributed by atoms with van der Waals surface area (Å²) in [7, 11) is 1.53. The predicted molar refractivity (Wildman–Crippen MR) is 100 cm³/mol. The fraction of sp³-hybridized carbons (Fsp3) is 0.421. The molecule has 0 spiro atoms. The number of ether oxygens (including phenoxy) is 1. The summed E-state index contributed by atoms with van der Waals surface area (Å²) in [6.07, 6.45) is -0.582. The first-order valence-electron chi connectivity index (χ1n) is 8.54. The van der Waals surface area contributed by atoms with Gasteiger partial charge >= 0.3 is 6.09 Å². The molecule has 0 saturated heterocycles. The summed E-state index contributed by atoms with van der Waals surface area (Å²) >= 11 is 0. The van der Waals surface area contributed by atoms with Crippen molar-refractivity contribution in [2.45, 2.75) is 39.3 Å². The number of alkyl carbamates (subject to hydrolysis) is 1. The summed E-state index contributed by atoms with van der Waals surface area (Å²) in [6, 6.07) is 4.98. The van der Waals surface area contributed by atoms with Crippen molar-refractivity contribution in [3.63, 3.8) is 0 Å². The van der Waals surface area contributed by atoms with Crippen LogP contribution in [0.1, 0.15) is 38.1 Å². The maximum atomic E-state index is 13.3. The number of likely N-dealkylation sites (N-methyl/N-ethyl adjacent to an activating group) is 1. The van der Waals surface area contributed by atoms with Gasteiger partial charge in [-0.25, -0.2) is 9.18 Å². The van der Waals surface area contributed by atoms with Crippen LogP contribution in [0.25, 0.3) is 10.9 Å².